The Morgan fingerprint density at radius 3 is 2.16 bits per heavy atom. The van der Waals surface area contributed by atoms with Gasteiger partial charge in [0.25, 0.3) is 0 Å². The van der Waals surface area contributed by atoms with E-state index in [9.17, 15) is 0 Å². The number of nitrogen functional groups attached to an aromatic ring is 1. The van der Waals surface area contributed by atoms with Gasteiger partial charge in [-0.05, 0) is 91.4 Å². The van der Waals surface area contributed by atoms with Gasteiger partial charge in [-0.25, -0.2) is 15.0 Å². The number of aryl methyl sites for hydroxylation is 2. The predicted octanol–water partition coefficient (Wildman–Crippen LogP) is 6.70. The first kappa shape index (κ1) is 36.5. The zero-order chi connectivity index (χ0) is 30.4. The fourth-order valence-corrected chi connectivity index (χ4v) is 6.66. The normalized spacial score (nSPS) is 11.8. The van der Waals surface area contributed by atoms with Gasteiger partial charge in [-0.15, -0.1) is 22.7 Å². The second-order valence-corrected chi connectivity index (χ2v) is 13.2. The molecule has 11 heteroatoms. The molecule has 2 N–H and O–H groups in total. The zero-order valence-corrected chi connectivity index (χ0v) is 31.3. The average molecular weight is 721 g/mol. The molecule has 1 aliphatic rings. The summed E-state index contributed by atoms with van der Waals surface area (Å²) < 4.78 is 9.02. The third-order valence-electron chi connectivity index (χ3n) is 6.37. The van der Waals surface area contributed by atoms with Crippen LogP contribution in [0.15, 0.2) is 83.6 Å². The molecule has 1 aliphatic heterocycles. The van der Waals surface area contributed by atoms with Crippen LogP contribution in [0.2, 0.25) is 4.47 Å². The Bertz CT molecular complexity index is 1690. The maximum absolute atomic E-state index is 5.69. The van der Waals surface area contributed by atoms with Crippen LogP contribution in [-0.4, -0.2) is 33.1 Å². The van der Waals surface area contributed by atoms with Crippen LogP contribution in [0.25, 0.3) is 20.4 Å². The number of hydrogen-bond acceptors (Lipinski definition) is 8. The summed E-state index contributed by atoms with van der Waals surface area (Å²) in [5.74, 6) is 0.606. The predicted molar refractivity (Wildman–Crippen MR) is 188 cm³/mol. The summed E-state index contributed by atoms with van der Waals surface area (Å²) in [7, 11) is 0. The largest absolute Gasteiger partial charge is 1.00 e. The maximum atomic E-state index is 5.69. The molecule has 0 atom stereocenters. The number of aromatic nitrogens is 4. The number of halogens is 2. The molecular formula is C33H36BrClN5NaOS2. The Kier molecular flexibility index (Phi) is 16.2. The van der Waals surface area contributed by atoms with Crippen molar-refractivity contribution in [3.05, 3.63) is 110 Å². The van der Waals surface area contributed by atoms with Crippen LogP contribution in [0.3, 0.4) is 0 Å². The van der Waals surface area contributed by atoms with E-state index in [1.54, 1.807) is 17.5 Å². The molecule has 0 aliphatic carbocycles. The molecule has 1 fully saturated rings. The molecular weight excluding hydrogens is 685 g/mol. The summed E-state index contributed by atoms with van der Waals surface area (Å²) in [5.41, 5.74) is 11.1. The minimum Gasteiger partial charge on any atom is -1.00 e. The van der Waals surface area contributed by atoms with E-state index in [2.05, 4.69) is 74.0 Å². The number of hydrogen-bond donors (Lipinski definition) is 1. The van der Waals surface area contributed by atoms with Crippen molar-refractivity contribution < 1.29 is 35.7 Å². The number of thiazole rings is 2. The van der Waals surface area contributed by atoms with Gasteiger partial charge in [0.15, 0.2) is 4.47 Å². The van der Waals surface area contributed by atoms with Crippen molar-refractivity contribution in [2.24, 2.45) is 0 Å². The first-order chi connectivity index (χ1) is 20.9. The van der Waals surface area contributed by atoms with Crippen LogP contribution in [0.1, 0.15) is 49.9 Å². The summed E-state index contributed by atoms with van der Waals surface area (Å²) in [6, 6.07) is 22.2. The topological polar surface area (TPSA) is 86.8 Å². The summed E-state index contributed by atoms with van der Waals surface area (Å²) in [6.07, 6.45) is 9.05. The first-order valence-corrected chi connectivity index (χ1v) is 17.0. The maximum Gasteiger partial charge on any atom is 1.00 e. The molecule has 0 spiro atoms. The first-order valence-electron chi connectivity index (χ1n) is 14.2. The van der Waals surface area contributed by atoms with Crippen molar-refractivity contribution in [1.29, 1.82) is 0 Å². The fourth-order valence-electron chi connectivity index (χ4n) is 4.09. The Morgan fingerprint density at radius 1 is 0.841 bits per heavy atom. The van der Waals surface area contributed by atoms with Crippen molar-refractivity contribution >= 4 is 76.5 Å². The van der Waals surface area contributed by atoms with Gasteiger partial charge in [-0.1, -0.05) is 53.5 Å². The minimum absolute atomic E-state index is 0. The molecule has 7 rings (SSSR count). The summed E-state index contributed by atoms with van der Waals surface area (Å²) in [4.78, 5) is 17.1. The van der Waals surface area contributed by atoms with Crippen LogP contribution in [-0.2, 0) is 24.0 Å². The van der Waals surface area contributed by atoms with E-state index >= 15 is 0 Å². The van der Waals surface area contributed by atoms with Gasteiger partial charge < -0.3 is 11.9 Å². The van der Waals surface area contributed by atoms with Gasteiger partial charge in [0.05, 0.1) is 25.4 Å². The van der Waals surface area contributed by atoms with Crippen LogP contribution in [0, 0.1) is 0 Å². The Hall–Kier alpha value is -1.95. The standard InChI is InChI=1S/C15H13BrN2S.C7H4ClNS.C7H10N2.C4H8O.Na.H/c1-2-10-5-6-17-12(7-10)9-15-18-13-4-3-11(16)8-14(13)19-15;8-7-9-5-3-1-2-4-6(5)10-7;1-2-6-3-4-9-7(8)5-6;1-2-4-5-3-1;;/h3-8H,2,9H2,1H3;1-4H;3-5H,2H2,1H3,(H2,8,9);1-4H2;;/q;;;;+1;-1. The van der Waals surface area contributed by atoms with Crippen LogP contribution < -0.4 is 35.3 Å². The smallest absolute Gasteiger partial charge is 1.00 e. The molecule has 4 aromatic heterocycles. The fraction of sp³-hybridized carbons (Fsp3) is 0.273. The summed E-state index contributed by atoms with van der Waals surface area (Å²) in [5, 5.41) is 1.12. The number of fused-ring (bicyclic) bond motifs is 2. The van der Waals surface area contributed by atoms with E-state index in [1.807, 2.05) is 48.7 Å². The SMILES string of the molecule is C1CCOC1.CCc1ccnc(Cc2nc3ccc(Br)cc3s2)c1.CCc1ccnc(N)c1.Clc1nc2ccccc2s1.[H-].[Na+]. The van der Waals surface area contributed by atoms with Crippen molar-refractivity contribution in [3.8, 4) is 0 Å². The van der Waals surface area contributed by atoms with E-state index < -0.39 is 0 Å². The van der Waals surface area contributed by atoms with E-state index in [0.29, 0.717) is 10.3 Å². The minimum atomic E-state index is 0. The van der Waals surface area contributed by atoms with Gasteiger partial charge >= 0.3 is 29.6 Å². The van der Waals surface area contributed by atoms with Crippen LogP contribution >= 0.6 is 50.2 Å². The molecule has 0 radical (unpaired) electrons. The van der Waals surface area contributed by atoms with Gasteiger partial charge in [0, 0.05) is 42.2 Å². The van der Waals surface area contributed by atoms with Crippen molar-refractivity contribution in [1.82, 2.24) is 19.9 Å². The Morgan fingerprint density at radius 2 is 1.52 bits per heavy atom. The van der Waals surface area contributed by atoms with E-state index in [1.165, 1.54) is 40.0 Å². The second-order valence-electron chi connectivity index (χ2n) is 9.60. The molecule has 226 valence electrons. The molecule has 44 heavy (non-hydrogen) atoms. The van der Waals surface area contributed by atoms with Gasteiger partial charge in [-0.2, -0.15) is 0 Å². The van der Waals surface area contributed by atoms with Gasteiger partial charge in [-0.3, -0.25) is 4.98 Å². The molecule has 0 unspecified atom stereocenters. The quantitative estimate of drug-likeness (QED) is 0.204. The molecule has 0 amide bonds. The molecule has 0 bridgehead atoms. The van der Waals surface area contributed by atoms with E-state index in [4.69, 9.17) is 22.1 Å². The van der Waals surface area contributed by atoms with Crippen molar-refractivity contribution in [2.45, 2.75) is 46.0 Å². The summed E-state index contributed by atoms with van der Waals surface area (Å²) in [6.45, 7) is 6.25. The molecule has 0 saturated carbocycles. The van der Waals surface area contributed by atoms with E-state index in [-0.39, 0.29) is 31.0 Å². The second kappa shape index (κ2) is 19.5. The number of nitrogens with zero attached hydrogens (tertiary/aromatic N) is 4. The number of pyridine rings is 2. The third-order valence-corrected chi connectivity index (χ3v) is 9.02. The number of rotatable bonds is 4. The van der Waals surface area contributed by atoms with Crippen LogP contribution in [0.5, 0.6) is 0 Å². The Labute approximate surface area is 304 Å². The number of nitrogens with two attached hydrogens (primary N) is 1. The molecule has 6 nitrogen and oxygen atoms in total. The molecule has 1 saturated heterocycles. The van der Waals surface area contributed by atoms with Crippen molar-refractivity contribution in [2.75, 3.05) is 18.9 Å². The molecule has 2 aromatic carbocycles. The molecule has 5 heterocycles. The average Bonchev–Trinajstić information content (AvgIpc) is 3.79. The van der Waals surface area contributed by atoms with Gasteiger partial charge in [0.2, 0.25) is 0 Å². The number of ether oxygens (including phenoxy) is 1. The number of para-hydroxylation sites is 1. The molecule has 6 aromatic rings. The van der Waals surface area contributed by atoms with Crippen molar-refractivity contribution in [3.63, 3.8) is 0 Å². The third kappa shape index (κ3) is 12.1. The van der Waals surface area contributed by atoms with Gasteiger partial charge in [0.1, 0.15) is 5.82 Å². The zero-order valence-electron chi connectivity index (χ0n) is 26.3. The number of benzene rings is 2. The Balaban J connectivity index is 0.000000230. The van der Waals surface area contributed by atoms with E-state index in [0.717, 1.165) is 63.4 Å². The number of anilines is 1. The van der Waals surface area contributed by atoms with Crippen LogP contribution in [0.4, 0.5) is 5.82 Å². The summed E-state index contributed by atoms with van der Waals surface area (Å²) >= 11 is 12.4. The monoisotopic (exact) mass is 719 g/mol.